The van der Waals surface area contributed by atoms with Gasteiger partial charge in [0.15, 0.2) is 0 Å². The molecule has 1 heterocycles. The molecule has 3 N–H and O–H groups in total. The van der Waals surface area contributed by atoms with Crippen molar-refractivity contribution in [2.75, 3.05) is 25.9 Å². The lowest BCUT2D eigenvalue weighted by molar-refractivity contribution is -0.126. The van der Waals surface area contributed by atoms with Crippen LogP contribution >= 0.6 is 0 Å². The molecule has 1 amide bonds. The van der Waals surface area contributed by atoms with Crippen molar-refractivity contribution >= 4 is 11.6 Å². The van der Waals surface area contributed by atoms with Crippen molar-refractivity contribution in [3.8, 4) is 0 Å². The fraction of sp³-hybridized carbons (Fsp3) is 0.533. The molecule has 1 aliphatic heterocycles. The summed E-state index contributed by atoms with van der Waals surface area (Å²) in [5.74, 6) is 0.270. The van der Waals surface area contributed by atoms with E-state index in [-0.39, 0.29) is 11.8 Å². The number of nitrogen functional groups attached to an aromatic ring is 1. The van der Waals surface area contributed by atoms with Gasteiger partial charge in [0.2, 0.25) is 5.91 Å². The van der Waals surface area contributed by atoms with E-state index in [1.54, 1.807) is 7.05 Å². The zero-order valence-electron chi connectivity index (χ0n) is 11.7. The lowest BCUT2D eigenvalue weighted by Crippen LogP contribution is -2.43. The number of benzene rings is 1. The Hall–Kier alpha value is -1.55. The first-order valence-corrected chi connectivity index (χ1v) is 6.93. The predicted octanol–water partition coefficient (Wildman–Crippen LogP) is 1.79. The molecule has 0 saturated carbocycles. The molecule has 104 valence electrons. The van der Waals surface area contributed by atoms with E-state index in [1.807, 2.05) is 18.2 Å². The smallest absolute Gasteiger partial charge is 0.224 e. The van der Waals surface area contributed by atoms with Gasteiger partial charge in [-0.2, -0.15) is 0 Å². The van der Waals surface area contributed by atoms with Crippen molar-refractivity contribution in [1.82, 2.24) is 10.2 Å². The van der Waals surface area contributed by atoms with Crippen molar-refractivity contribution < 1.29 is 4.79 Å². The predicted molar refractivity (Wildman–Crippen MR) is 77.6 cm³/mol. The highest BCUT2D eigenvalue weighted by molar-refractivity contribution is 5.78. The molecule has 0 bridgehead atoms. The van der Waals surface area contributed by atoms with Crippen molar-refractivity contribution in [1.29, 1.82) is 0 Å². The average Bonchev–Trinajstić information content (AvgIpc) is 2.45. The van der Waals surface area contributed by atoms with Crippen molar-refractivity contribution in [3.05, 3.63) is 29.8 Å². The maximum Gasteiger partial charge on any atom is 0.224 e. The molecular weight excluding hydrogens is 238 g/mol. The summed E-state index contributed by atoms with van der Waals surface area (Å²) in [4.78, 5) is 14.1. The molecule has 1 aromatic rings. The number of carbonyl (C=O) groups is 1. The molecule has 0 aromatic heterocycles. The van der Waals surface area contributed by atoms with E-state index in [0.29, 0.717) is 6.04 Å². The highest BCUT2D eigenvalue weighted by atomic mass is 16.1. The van der Waals surface area contributed by atoms with Gasteiger partial charge < -0.3 is 11.1 Å². The number of nitrogens with one attached hydrogen (secondary N) is 1. The summed E-state index contributed by atoms with van der Waals surface area (Å²) in [6.07, 6.45) is 2.06. The Morgan fingerprint density at radius 2 is 2.32 bits per heavy atom. The van der Waals surface area contributed by atoms with Crippen LogP contribution in [-0.2, 0) is 4.79 Å². The Bertz CT molecular complexity index is 447. The van der Waals surface area contributed by atoms with Crippen LogP contribution in [0.2, 0.25) is 0 Å². The molecule has 1 saturated heterocycles. The molecule has 0 spiro atoms. The molecule has 2 rings (SSSR count). The summed E-state index contributed by atoms with van der Waals surface area (Å²) >= 11 is 0. The number of hydrogen-bond donors (Lipinski definition) is 2. The average molecular weight is 261 g/mol. The Morgan fingerprint density at radius 3 is 3.00 bits per heavy atom. The van der Waals surface area contributed by atoms with E-state index in [9.17, 15) is 4.79 Å². The number of piperidine rings is 1. The topological polar surface area (TPSA) is 58.4 Å². The molecule has 19 heavy (non-hydrogen) atoms. The van der Waals surface area contributed by atoms with Gasteiger partial charge in [-0.25, -0.2) is 0 Å². The molecule has 1 aliphatic rings. The second-order valence-electron chi connectivity index (χ2n) is 5.29. The van der Waals surface area contributed by atoms with Crippen LogP contribution in [0.4, 0.5) is 5.69 Å². The van der Waals surface area contributed by atoms with Crippen LogP contribution < -0.4 is 11.1 Å². The lowest BCUT2D eigenvalue weighted by Gasteiger charge is -2.36. The number of rotatable bonds is 3. The Labute approximate surface area is 115 Å². The number of likely N-dealkylation sites (tertiary alicyclic amines) is 1. The molecule has 0 aliphatic carbocycles. The summed E-state index contributed by atoms with van der Waals surface area (Å²) in [6, 6.07) is 8.32. The van der Waals surface area contributed by atoms with Crippen LogP contribution in [0.15, 0.2) is 24.3 Å². The van der Waals surface area contributed by atoms with E-state index in [0.717, 1.165) is 31.6 Å². The van der Waals surface area contributed by atoms with E-state index in [2.05, 4.69) is 23.2 Å². The van der Waals surface area contributed by atoms with Crippen LogP contribution in [0.5, 0.6) is 0 Å². The van der Waals surface area contributed by atoms with Gasteiger partial charge >= 0.3 is 0 Å². The quantitative estimate of drug-likeness (QED) is 0.816. The minimum Gasteiger partial charge on any atom is -0.399 e. The molecule has 4 nitrogen and oxygen atoms in total. The zero-order chi connectivity index (χ0) is 13.8. The van der Waals surface area contributed by atoms with Crippen LogP contribution in [0.3, 0.4) is 0 Å². The third-order valence-corrected chi connectivity index (χ3v) is 4.01. The molecule has 1 aromatic carbocycles. The summed E-state index contributed by atoms with van der Waals surface area (Å²) < 4.78 is 0. The third kappa shape index (κ3) is 3.26. The zero-order valence-corrected chi connectivity index (χ0v) is 11.7. The number of nitrogens with zero attached hydrogens (tertiary/aromatic N) is 1. The molecule has 4 heteroatoms. The van der Waals surface area contributed by atoms with Gasteiger partial charge in [0.05, 0.1) is 5.92 Å². The van der Waals surface area contributed by atoms with Crippen LogP contribution in [0.1, 0.15) is 31.4 Å². The van der Waals surface area contributed by atoms with E-state index >= 15 is 0 Å². The summed E-state index contributed by atoms with van der Waals surface area (Å²) in [5.41, 5.74) is 7.86. The normalized spacial score (nSPS) is 21.9. The van der Waals surface area contributed by atoms with E-state index in [4.69, 9.17) is 5.73 Å². The van der Waals surface area contributed by atoms with E-state index in [1.165, 1.54) is 5.56 Å². The second-order valence-corrected chi connectivity index (χ2v) is 5.29. The maximum absolute atomic E-state index is 11.8. The Morgan fingerprint density at radius 1 is 1.53 bits per heavy atom. The number of amides is 1. The van der Waals surface area contributed by atoms with Gasteiger partial charge in [-0.1, -0.05) is 12.1 Å². The highest BCUT2D eigenvalue weighted by Gasteiger charge is 2.28. The maximum atomic E-state index is 11.8. The van der Waals surface area contributed by atoms with Crippen LogP contribution in [0.25, 0.3) is 0 Å². The number of hydrogen-bond acceptors (Lipinski definition) is 3. The molecule has 1 fully saturated rings. The number of nitrogens with two attached hydrogens (primary N) is 1. The second kappa shape index (κ2) is 6.06. The van der Waals surface area contributed by atoms with Gasteiger partial charge in [0, 0.05) is 25.3 Å². The number of anilines is 1. The Balaban J connectivity index is 2.06. The van der Waals surface area contributed by atoms with Crippen molar-refractivity contribution in [3.63, 3.8) is 0 Å². The van der Waals surface area contributed by atoms with Crippen molar-refractivity contribution in [2.45, 2.75) is 25.8 Å². The minimum atomic E-state index is 0.113. The Kier molecular flexibility index (Phi) is 4.43. The highest BCUT2D eigenvalue weighted by Crippen LogP contribution is 2.27. The summed E-state index contributed by atoms with van der Waals surface area (Å²) in [5, 5.41) is 2.76. The summed E-state index contributed by atoms with van der Waals surface area (Å²) in [7, 11) is 1.71. The molecule has 2 atom stereocenters. The van der Waals surface area contributed by atoms with Gasteiger partial charge in [0.25, 0.3) is 0 Å². The first-order valence-electron chi connectivity index (χ1n) is 6.93. The van der Waals surface area contributed by atoms with Gasteiger partial charge in [0.1, 0.15) is 0 Å². The first-order chi connectivity index (χ1) is 9.11. The van der Waals surface area contributed by atoms with Gasteiger partial charge in [-0.05, 0) is 44.0 Å². The first kappa shape index (κ1) is 13.9. The third-order valence-electron chi connectivity index (χ3n) is 4.01. The fourth-order valence-corrected chi connectivity index (χ4v) is 2.81. The van der Waals surface area contributed by atoms with Crippen LogP contribution in [-0.4, -0.2) is 30.9 Å². The number of carbonyl (C=O) groups excluding carboxylic acids is 1. The van der Waals surface area contributed by atoms with Gasteiger partial charge in [-0.3, -0.25) is 9.69 Å². The van der Waals surface area contributed by atoms with Crippen molar-refractivity contribution in [2.24, 2.45) is 5.92 Å². The SMILES string of the molecule is CNC(=O)C1CCCN(C(C)c2cccc(N)c2)C1. The fourth-order valence-electron chi connectivity index (χ4n) is 2.81. The van der Waals surface area contributed by atoms with E-state index < -0.39 is 0 Å². The standard InChI is InChI=1S/C15H23N3O/c1-11(12-5-3-7-14(16)9-12)18-8-4-6-13(10-18)15(19)17-2/h3,5,7,9,11,13H,4,6,8,10,16H2,1-2H3,(H,17,19). The van der Waals surface area contributed by atoms with Crippen LogP contribution in [0, 0.1) is 5.92 Å². The molecule has 0 radical (unpaired) electrons. The lowest BCUT2D eigenvalue weighted by atomic mass is 9.94. The van der Waals surface area contributed by atoms with Gasteiger partial charge in [-0.15, -0.1) is 0 Å². The molecule has 2 unspecified atom stereocenters. The largest absolute Gasteiger partial charge is 0.399 e. The monoisotopic (exact) mass is 261 g/mol. The molecular formula is C15H23N3O. The summed E-state index contributed by atoms with van der Waals surface area (Å²) in [6.45, 7) is 4.06. The minimum absolute atomic E-state index is 0.113.